The SMILES string of the molecule is CCNC(=O)CNC(=O)[C@@H]1CCCCN1.Cl. The molecule has 0 aromatic heterocycles. The maximum absolute atomic E-state index is 11.6. The van der Waals surface area contributed by atoms with Gasteiger partial charge in [-0.25, -0.2) is 0 Å². The highest BCUT2D eigenvalue weighted by molar-refractivity contribution is 5.87. The minimum Gasteiger partial charge on any atom is -0.355 e. The van der Waals surface area contributed by atoms with Gasteiger partial charge in [-0.2, -0.15) is 0 Å². The number of hydrogen-bond acceptors (Lipinski definition) is 3. The second kappa shape index (κ2) is 8.35. The third kappa shape index (κ3) is 5.32. The van der Waals surface area contributed by atoms with E-state index in [9.17, 15) is 9.59 Å². The molecule has 0 unspecified atom stereocenters. The highest BCUT2D eigenvalue weighted by Gasteiger charge is 2.20. The van der Waals surface area contributed by atoms with Crippen molar-refractivity contribution in [2.45, 2.75) is 32.2 Å². The summed E-state index contributed by atoms with van der Waals surface area (Å²) in [6, 6.07) is -0.117. The van der Waals surface area contributed by atoms with E-state index < -0.39 is 0 Å². The molecule has 1 saturated heterocycles. The van der Waals surface area contributed by atoms with E-state index in [4.69, 9.17) is 0 Å². The fourth-order valence-corrected chi connectivity index (χ4v) is 1.63. The van der Waals surface area contributed by atoms with Gasteiger partial charge in [-0.3, -0.25) is 9.59 Å². The standard InChI is InChI=1S/C10H19N3O2.ClH/c1-2-11-9(14)7-13-10(15)8-5-3-4-6-12-8;/h8,12H,2-7H2,1H3,(H,11,14)(H,13,15);1H/t8-;/m0./s1. The first kappa shape index (κ1) is 15.2. The molecule has 0 spiro atoms. The van der Waals surface area contributed by atoms with E-state index in [-0.39, 0.29) is 36.8 Å². The highest BCUT2D eigenvalue weighted by Crippen LogP contribution is 2.06. The number of halogens is 1. The summed E-state index contributed by atoms with van der Waals surface area (Å²) in [7, 11) is 0. The van der Waals surface area contributed by atoms with Gasteiger partial charge in [0.2, 0.25) is 11.8 Å². The Morgan fingerprint density at radius 2 is 2.06 bits per heavy atom. The minimum absolute atomic E-state index is 0. The van der Waals surface area contributed by atoms with Crippen LogP contribution in [-0.4, -0.2) is 37.5 Å². The van der Waals surface area contributed by atoms with Crippen LogP contribution in [0.5, 0.6) is 0 Å². The van der Waals surface area contributed by atoms with Crippen LogP contribution >= 0.6 is 12.4 Å². The van der Waals surface area contributed by atoms with Crippen LogP contribution in [0.3, 0.4) is 0 Å². The van der Waals surface area contributed by atoms with Gasteiger partial charge in [-0.1, -0.05) is 6.42 Å². The molecule has 2 amide bonds. The Balaban J connectivity index is 0.00000225. The topological polar surface area (TPSA) is 70.2 Å². The summed E-state index contributed by atoms with van der Waals surface area (Å²) in [5.41, 5.74) is 0. The number of likely N-dealkylation sites (N-methyl/N-ethyl adjacent to an activating group) is 1. The molecule has 1 heterocycles. The van der Waals surface area contributed by atoms with Gasteiger partial charge in [0.25, 0.3) is 0 Å². The third-order valence-corrected chi connectivity index (χ3v) is 2.42. The first-order valence-electron chi connectivity index (χ1n) is 5.52. The molecule has 0 radical (unpaired) electrons. The number of piperidine rings is 1. The highest BCUT2D eigenvalue weighted by atomic mass is 35.5. The van der Waals surface area contributed by atoms with Crippen molar-refractivity contribution in [3.8, 4) is 0 Å². The van der Waals surface area contributed by atoms with E-state index in [2.05, 4.69) is 16.0 Å². The second-order valence-electron chi connectivity index (χ2n) is 3.67. The molecule has 0 aliphatic carbocycles. The lowest BCUT2D eigenvalue weighted by Gasteiger charge is -2.22. The Kier molecular flexibility index (Phi) is 7.93. The van der Waals surface area contributed by atoms with Crippen molar-refractivity contribution in [2.24, 2.45) is 0 Å². The quantitative estimate of drug-likeness (QED) is 0.647. The van der Waals surface area contributed by atoms with Gasteiger partial charge in [0.15, 0.2) is 0 Å². The predicted octanol–water partition coefficient (Wildman–Crippen LogP) is -0.197. The van der Waals surface area contributed by atoms with Crippen LogP contribution in [0, 0.1) is 0 Å². The average molecular weight is 250 g/mol. The van der Waals surface area contributed by atoms with Crippen LogP contribution < -0.4 is 16.0 Å². The zero-order chi connectivity index (χ0) is 11.1. The van der Waals surface area contributed by atoms with E-state index in [1.165, 1.54) is 0 Å². The van der Waals surface area contributed by atoms with Gasteiger partial charge in [0.1, 0.15) is 0 Å². The van der Waals surface area contributed by atoms with E-state index in [0.717, 1.165) is 25.8 Å². The van der Waals surface area contributed by atoms with Gasteiger partial charge in [-0.05, 0) is 26.3 Å². The van der Waals surface area contributed by atoms with Crippen molar-refractivity contribution in [3.63, 3.8) is 0 Å². The summed E-state index contributed by atoms with van der Waals surface area (Å²) in [5, 5.41) is 8.38. The van der Waals surface area contributed by atoms with Crippen molar-refractivity contribution in [3.05, 3.63) is 0 Å². The van der Waals surface area contributed by atoms with Crippen LogP contribution in [-0.2, 0) is 9.59 Å². The minimum atomic E-state index is -0.137. The molecule has 1 atom stereocenters. The molecule has 3 N–H and O–H groups in total. The first-order chi connectivity index (χ1) is 7.24. The van der Waals surface area contributed by atoms with Crippen molar-refractivity contribution in [1.29, 1.82) is 0 Å². The number of hydrogen-bond donors (Lipinski definition) is 3. The molecule has 1 rings (SSSR count). The van der Waals surface area contributed by atoms with Crippen molar-refractivity contribution < 1.29 is 9.59 Å². The number of carbonyl (C=O) groups is 2. The van der Waals surface area contributed by atoms with Gasteiger partial charge < -0.3 is 16.0 Å². The normalized spacial score (nSPS) is 19.4. The summed E-state index contributed by atoms with van der Waals surface area (Å²) in [6.45, 7) is 3.41. The summed E-state index contributed by atoms with van der Waals surface area (Å²) >= 11 is 0. The van der Waals surface area contributed by atoms with Gasteiger partial charge >= 0.3 is 0 Å². The Bertz CT molecular complexity index is 230. The summed E-state index contributed by atoms with van der Waals surface area (Å²) in [5.74, 6) is -0.206. The summed E-state index contributed by atoms with van der Waals surface area (Å²) in [4.78, 5) is 22.6. The lowest BCUT2D eigenvalue weighted by Crippen LogP contribution is -2.48. The summed E-state index contributed by atoms with van der Waals surface area (Å²) < 4.78 is 0. The monoisotopic (exact) mass is 249 g/mol. The number of nitrogens with one attached hydrogen (secondary N) is 3. The van der Waals surface area contributed by atoms with Crippen LogP contribution in [0.2, 0.25) is 0 Å². The molecule has 94 valence electrons. The van der Waals surface area contributed by atoms with E-state index in [1.807, 2.05) is 6.92 Å². The Hall–Kier alpha value is -0.810. The van der Waals surface area contributed by atoms with E-state index in [1.54, 1.807) is 0 Å². The average Bonchev–Trinajstić information content (AvgIpc) is 2.27. The van der Waals surface area contributed by atoms with Gasteiger partial charge in [-0.15, -0.1) is 12.4 Å². The van der Waals surface area contributed by atoms with E-state index >= 15 is 0 Å². The number of rotatable bonds is 4. The second-order valence-corrected chi connectivity index (χ2v) is 3.67. The zero-order valence-corrected chi connectivity index (χ0v) is 10.4. The molecule has 5 nitrogen and oxygen atoms in total. The molecule has 1 fully saturated rings. The lowest BCUT2D eigenvalue weighted by molar-refractivity contribution is -0.127. The van der Waals surface area contributed by atoms with Crippen molar-refractivity contribution in [1.82, 2.24) is 16.0 Å². The first-order valence-corrected chi connectivity index (χ1v) is 5.52. The van der Waals surface area contributed by atoms with Gasteiger partial charge in [0.05, 0.1) is 12.6 Å². The smallest absolute Gasteiger partial charge is 0.239 e. The molecule has 1 aliphatic rings. The summed E-state index contributed by atoms with van der Waals surface area (Å²) in [6.07, 6.45) is 3.06. The van der Waals surface area contributed by atoms with Crippen LogP contribution in [0.1, 0.15) is 26.2 Å². The molecular weight excluding hydrogens is 230 g/mol. The number of amides is 2. The zero-order valence-electron chi connectivity index (χ0n) is 9.54. The Morgan fingerprint density at radius 3 is 2.62 bits per heavy atom. The van der Waals surface area contributed by atoms with Crippen molar-refractivity contribution >= 4 is 24.2 Å². The largest absolute Gasteiger partial charge is 0.355 e. The van der Waals surface area contributed by atoms with Crippen LogP contribution in [0.4, 0.5) is 0 Å². The van der Waals surface area contributed by atoms with E-state index in [0.29, 0.717) is 6.54 Å². The fourth-order valence-electron chi connectivity index (χ4n) is 1.63. The molecule has 0 aromatic rings. The van der Waals surface area contributed by atoms with Crippen molar-refractivity contribution in [2.75, 3.05) is 19.6 Å². The molecule has 0 bridgehead atoms. The molecule has 16 heavy (non-hydrogen) atoms. The molecule has 1 aliphatic heterocycles. The number of carbonyl (C=O) groups excluding carboxylic acids is 2. The lowest BCUT2D eigenvalue weighted by atomic mass is 10.0. The third-order valence-electron chi connectivity index (χ3n) is 2.42. The molecular formula is C10H20ClN3O2. The Morgan fingerprint density at radius 1 is 1.31 bits per heavy atom. The predicted molar refractivity (Wildman–Crippen MR) is 64.6 cm³/mol. The van der Waals surface area contributed by atoms with Gasteiger partial charge in [0, 0.05) is 6.54 Å². The maximum Gasteiger partial charge on any atom is 0.239 e. The Labute approximate surface area is 102 Å². The molecule has 0 saturated carbocycles. The van der Waals surface area contributed by atoms with Crippen LogP contribution in [0.15, 0.2) is 0 Å². The molecule has 0 aromatic carbocycles. The maximum atomic E-state index is 11.6. The van der Waals surface area contributed by atoms with Crippen LogP contribution in [0.25, 0.3) is 0 Å². The fraction of sp³-hybridized carbons (Fsp3) is 0.800. The molecule has 6 heteroatoms.